The molecule has 0 aromatic heterocycles. The molecule has 3 rings (SSSR count). The van der Waals surface area contributed by atoms with Crippen LogP contribution in [0.4, 0.5) is 0 Å². The fourth-order valence-corrected chi connectivity index (χ4v) is 4.49. The second-order valence-corrected chi connectivity index (χ2v) is 6.81. The lowest BCUT2D eigenvalue weighted by Crippen LogP contribution is -2.53. The van der Waals surface area contributed by atoms with Gasteiger partial charge < -0.3 is 10.0 Å². The number of carboxylic acid groups (broad SMARTS) is 1. The molecule has 1 N–H and O–H groups in total. The average Bonchev–Trinajstić information content (AvgIpc) is 2.95. The summed E-state index contributed by atoms with van der Waals surface area (Å²) in [4.78, 5) is 27.8. The Hall–Kier alpha value is -1.10. The van der Waals surface area contributed by atoms with Gasteiger partial charge in [0.15, 0.2) is 0 Å². The summed E-state index contributed by atoms with van der Waals surface area (Å²) in [5.74, 6) is 0.0551. The van der Waals surface area contributed by atoms with Crippen molar-refractivity contribution in [2.45, 2.75) is 63.5 Å². The summed E-state index contributed by atoms with van der Waals surface area (Å²) in [6.07, 6.45) is 8.85. The molecule has 5 heteroatoms. The average molecular weight is 294 g/mol. The Balaban J connectivity index is 1.62. The van der Waals surface area contributed by atoms with Gasteiger partial charge in [-0.05, 0) is 51.0 Å². The molecule has 118 valence electrons. The molecule has 0 aromatic rings. The van der Waals surface area contributed by atoms with Gasteiger partial charge in [-0.25, -0.2) is 0 Å². The second kappa shape index (κ2) is 6.34. The molecule has 2 aliphatic heterocycles. The first kappa shape index (κ1) is 14.8. The van der Waals surface area contributed by atoms with E-state index in [4.69, 9.17) is 0 Å². The monoisotopic (exact) mass is 294 g/mol. The van der Waals surface area contributed by atoms with Crippen LogP contribution in [0.25, 0.3) is 0 Å². The number of nitrogens with zero attached hydrogens (tertiary/aromatic N) is 2. The highest BCUT2D eigenvalue weighted by atomic mass is 16.4. The molecule has 5 nitrogen and oxygen atoms in total. The van der Waals surface area contributed by atoms with Crippen molar-refractivity contribution in [3.63, 3.8) is 0 Å². The summed E-state index contributed by atoms with van der Waals surface area (Å²) < 4.78 is 0. The van der Waals surface area contributed by atoms with Crippen LogP contribution in [-0.4, -0.2) is 58.5 Å². The van der Waals surface area contributed by atoms with Crippen molar-refractivity contribution in [3.05, 3.63) is 0 Å². The van der Waals surface area contributed by atoms with Crippen LogP contribution in [0.1, 0.15) is 51.4 Å². The summed E-state index contributed by atoms with van der Waals surface area (Å²) in [7, 11) is 0. The maximum Gasteiger partial charge on any atom is 0.320 e. The summed E-state index contributed by atoms with van der Waals surface area (Å²) >= 11 is 0. The smallest absolute Gasteiger partial charge is 0.320 e. The normalized spacial score (nSPS) is 33.7. The topological polar surface area (TPSA) is 60.9 Å². The Morgan fingerprint density at radius 2 is 1.67 bits per heavy atom. The third kappa shape index (κ3) is 3.07. The van der Waals surface area contributed by atoms with Gasteiger partial charge in [0, 0.05) is 12.6 Å². The Labute approximate surface area is 126 Å². The van der Waals surface area contributed by atoms with E-state index < -0.39 is 12.0 Å². The van der Waals surface area contributed by atoms with Crippen LogP contribution in [0.3, 0.4) is 0 Å². The van der Waals surface area contributed by atoms with E-state index in [9.17, 15) is 14.7 Å². The van der Waals surface area contributed by atoms with Crippen LogP contribution in [0.2, 0.25) is 0 Å². The van der Waals surface area contributed by atoms with Crippen LogP contribution < -0.4 is 0 Å². The van der Waals surface area contributed by atoms with E-state index in [0.29, 0.717) is 24.9 Å². The lowest BCUT2D eigenvalue weighted by atomic mass is 9.78. The Morgan fingerprint density at radius 3 is 2.48 bits per heavy atom. The van der Waals surface area contributed by atoms with Crippen molar-refractivity contribution >= 4 is 11.9 Å². The summed E-state index contributed by atoms with van der Waals surface area (Å²) in [6, 6.07) is -0.0354. The van der Waals surface area contributed by atoms with Gasteiger partial charge in [0.05, 0.1) is 6.54 Å². The number of likely N-dealkylation sites (tertiary alicyclic amines) is 2. The quantitative estimate of drug-likeness (QED) is 0.861. The predicted octanol–water partition coefficient (Wildman–Crippen LogP) is 1.72. The first-order valence-corrected chi connectivity index (χ1v) is 8.43. The van der Waals surface area contributed by atoms with E-state index >= 15 is 0 Å². The van der Waals surface area contributed by atoms with Crippen LogP contribution in [0.5, 0.6) is 0 Å². The lowest BCUT2D eigenvalue weighted by Gasteiger charge is -2.44. The highest BCUT2D eigenvalue weighted by Gasteiger charge is 2.38. The van der Waals surface area contributed by atoms with E-state index in [1.807, 2.05) is 4.90 Å². The standard InChI is InChI=1S/C16H26N2O3/c19-15(11-17-9-4-8-14(17)16(20)21)18-10-3-6-12-5-1-2-7-13(12)18/h12-14H,1-11H2,(H,20,21)/t12?,13?,14-/m0/s1. The van der Waals surface area contributed by atoms with Crippen molar-refractivity contribution in [3.8, 4) is 0 Å². The van der Waals surface area contributed by atoms with Gasteiger partial charge in [0.1, 0.15) is 6.04 Å². The van der Waals surface area contributed by atoms with E-state index in [-0.39, 0.29) is 5.91 Å². The van der Waals surface area contributed by atoms with E-state index in [0.717, 1.165) is 32.4 Å². The third-order valence-electron chi connectivity index (χ3n) is 5.55. The summed E-state index contributed by atoms with van der Waals surface area (Å²) in [5.41, 5.74) is 0. The highest BCUT2D eigenvalue weighted by Crippen LogP contribution is 2.35. The lowest BCUT2D eigenvalue weighted by molar-refractivity contribution is -0.144. The van der Waals surface area contributed by atoms with Gasteiger partial charge in [-0.15, -0.1) is 0 Å². The van der Waals surface area contributed by atoms with Gasteiger partial charge in [0.2, 0.25) is 5.91 Å². The number of hydrogen-bond acceptors (Lipinski definition) is 3. The zero-order valence-electron chi connectivity index (χ0n) is 12.7. The van der Waals surface area contributed by atoms with Crippen LogP contribution in [0, 0.1) is 5.92 Å². The summed E-state index contributed by atoms with van der Waals surface area (Å²) in [6.45, 7) is 1.90. The molecular formula is C16H26N2O3. The van der Waals surface area contributed by atoms with Gasteiger partial charge in [-0.1, -0.05) is 12.8 Å². The molecular weight excluding hydrogens is 268 g/mol. The van der Waals surface area contributed by atoms with Gasteiger partial charge in [0.25, 0.3) is 0 Å². The van der Waals surface area contributed by atoms with E-state index in [1.54, 1.807) is 0 Å². The minimum Gasteiger partial charge on any atom is -0.480 e. The number of aliphatic carboxylic acids is 1. The molecule has 1 aliphatic carbocycles. The number of carbonyl (C=O) groups excluding carboxylic acids is 1. The van der Waals surface area contributed by atoms with E-state index in [1.165, 1.54) is 25.7 Å². The van der Waals surface area contributed by atoms with Gasteiger partial charge >= 0.3 is 5.97 Å². The number of piperidine rings is 1. The minimum atomic E-state index is -0.783. The largest absolute Gasteiger partial charge is 0.480 e. The number of carboxylic acids is 1. The Morgan fingerprint density at radius 1 is 0.952 bits per heavy atom. The molecule has 3 fully saturated rings. The molecule has 3 atom stereocenters. The maximum atomic E-state index is 12.7. The number of amides is 1. The Kier molecular flexibility index (Phi) is 4.48. The number of rotatable bonds is 3. The molecule has 0 spiro atoms. The molecule has 1 amide bonds. The van der Waals surface area contributed by atoms with Crippen LogP contribution in [-0.2, 0) is 9.59 Å². The van der Waals surface area contributed by atoms with Crippen molar-refractivity contribution in [1.29, 1.82) is 0 Å². The fourth-order valence-electron chi connectivity index (χ4n) is 4.49. The van der Waals surface area contributed by atoms with Crippen molar-refractivity contribution in [2.24, 2.45) is 5.92 Å². The molecule has 3 aliphatic rings. The van der Waals surface area contributed by atoms with Crippen molar-refractivity contribution < 1.29 is 14.7 Å². The first-order valence-electron chi connectivity index (χ1n) is 8.43. The molecule has 1 saturated carbocycles. The third-order valence-corrected chi connectivity index (χ3v) is 5.55. The number of carbonyl (C=O) groups is 2. The van der Waals surface area contributed by atoms with Crippen LogP contribution >= 0.6 is 0 Å². The maximum absolute atomic E-state index is 12.7. The zero-order valence-corrected chi connectivity index (χ0v) is 12.7. The van der Waals surface area contributed by atoms with Crippen molar-refractivity contribution in [1.82, 2.24) is 9.80 Å². The molecule has 0 aromatic carbocycles. The molecule has 2 heterocycles. The molecule has 21 heavy (non-hydrogen) atoms. The molecule has 0 radical (unpaired) electrons. The van der Waals surface area contributed by atoms with Gasteiger partial charge in [-0.3, -0.25) is 14.5 Å². The highest BCUT2D eigenvalue weighted by molar-refractivity contribution is 5.80. The fraction of sp³-hybridized carbons (Fsp3) is 0.875. The van der Waals surface area contributed by atoms with Crippen LogP contribution in [0.15, 0.2) is 0 Å². The first-order chi connectivity index (χ1) is 10.2. The molecule has 2 unspecified atom stereocenters. The number of fused-ring (bicyclic) bond motifs is 1. The van der Waals surface area contributed by atoms with Gasteiger partial charge in [-0.2, -0.15) is 0 Å². The zero-order chi connectivity index (χ0) is 14.8. The summed E-state index contributed by atoms with van der Waals surface area (Å²) in [5, 5.41) is 9.23. The van der Waals surface area contributed by atoms with Crippen molar-refractivity contribution in [2.75, 3.05) is 19.6 Å². The minimum absolute atomic E-state index is 0.153. The molecule has 0 bridgehead atoms. The van der Waals surface area contributed by atoms with E-state index in [2.05, 4.69) is 4.90 Å². The molecule has 2 saturated heterocycles. The predicted molar refractivity (Wildman–Crippen MR) is 78.9 cm³/mol. The number of hydrogen-bond donors (Lipinski definition) is 1. The Bertz CT molecular complexity index is 410. The second-order valence-electron chi connectivity index (χ2n) is 6.81. The SMILES string of the molecule is O=C(O)[C@@H]1CCCN1CC(=O)N1CCCC2CCCCC21.